The van der Waals surface area contributed by atoms with Crippen LogP contribution in [-0.4, -0.2) is 27.5 Å². The van der Waals surface area contributed by atoms with Crippen molar-refractivity contribution in [2.75, 3.05) is 12.1 Å². The molecule has 8 heteroatoms. The van der Waals surface area contributed by atoms with Crippen LogP contribution in [0.25, 0.3) is 16.6 Å². The van der Waals surface area contributed by atoms with Gasteiger partial charge < -0.3 is 14.8 Å². The molecule has 0 saturated heterocycles. The van der Waals surface area contributed by atoms with Gasteiger partial charge in [-0.05, 0) is 42.8 Å². The third-order valence-electron chi connectivity index (χ3n) is 5.31. The van der Waals surface area contributed by atoms with Gasteiger partial charge in [-0.15, -0.1) is 0 Å². The molecule has 1 N–H and O–H groups in total. The van der Waals surface area contributed by atoms with E-state index in [-0.39, 0.29) is 18.3 Å². The normalized spacial score (nSPS) is 13.1. The number of para-hydroxylation sites is 2. The molecule has 0 bridgehead atoms. The van der Waals surface area contributed by atoms with Gasteiger partial charge in [-0.3, -0.25) is 14.2 Å². The van der Waals surface area contributed by atoms with Gasteiger partial charge in [-0.2, -0.15) is 0 Å². The average molecular weight is 460 g/mol. The van der Waals surface area contributed by atoms with Crippen molar-refractivity contribution in [1.29, 1.82) is 0 Å². The van der Waals surface area contributed by atoms with E-state index in [4.69, 9.17) is 14.5 Å². The lowest BCUT2D eigenvalue weighted by atomic mass is 10.2. The first kappa shape index (κ1) is 21.1. The van der Waals surface area contributed by atoms with Crippen LogP contribution in [0.4, 0.5) is 5.69 Å². The number of nitrogens with zero attached hydrogens (tertiary/aromatic N) is 2. The zero-order valence-electron chi connectivity index (χ0n) is 17.9. The molecule has 1 unspecified atom stereocenters. The largest absolute Gasteiger partial charge is 0.454 e. The van der Waals surface area contributed by atoms with Gasteiger partial charge in [0.05, 0.1) is 21.8 Å². The lowest BCUT2D eigenvalue weighted by Gasteiger charge is -2.18. The monoisotopic (exact) mass is 459 g/mol. The maximum absolute atomic E-state index is 13.4. The highest BCUT2D eigenvalue weighted by Gasteiger charge is 2.23. The van der Waals surface area contributed by atoms with Gasteiger partial charge in [0.15, 0.2) is 16.7 Å². The average Bonchev–Trinajstić information content (AvgIpc) is 3.31. The molecule has 3 aromatic carbocycles. The van der Waals surface area contributed by atoms with E-state index in [1.807, 2.05) is 55.5 Å². The summed E-state index contributed by atoms with van der Waals surface area (Å²) in [6.07, 6.45) is 0.554. The molecular weight excluding hydrogens is 438 g/mol. The summed E-state index contributed by atoms with van der Waals surface area (Å²) in [5.41, 5.74) is 1.76. The predicted octanol–water partition coefficient (Wildman–Crippen LogP) is 4.62. The minimum Gasteiger partial charge on any atom is -0.454 e. The van der Waals surface area contributed by atoms with Crippen molar-refractivity contribution in [3.05, 3.63) is 83.2 Å². The maximum Gasteiger partial charge on any atom is 0.266 e. The molecule has 4 aromatic rings. The number of carbonyl (C=O) groups is 1. The second-order valence-electron chi connectivity index (χ2n) is 7.46. The van der Waals surface area contributed by atoms with E-state index in [9.17, 15) is 9.59 Å². The zero-order chi connectivity index (χ0) is 22.8. The lowest BCUT2D eigenvalue weighted by molar-refractivity contribution is -0.115. The predicted molar refractivity (Wildman–Crippen MR) is 128 cm³/mol. The molecule has 33 heavy (non-hydrogen) atoms. The van der Waals surface area contributed by atoms with Crippen LogP contribution in [0.2, 0.25) is 0 Å². The minimum absolute atomic E-state index is 0.166. The number of anilines is 1. The molecule has 1 amide bonds. The van der Waals surface area contributed by atoms with Crippen LogP contribution in [0.1, 0.15) is 13.3 Å². The molecule has 166 valence electrons. The second-order valence-corrected chi connectivity index (χ2v) is 8.63. The molecule has 0 radical (unpaired) electrons. The number of fused-ring (bicyclic) bond motifs is 2. The molecule has 1 aliphatic rings. The fourth-order valence-electron chi connectivity index (χ4n) is 3.64. The standard InChI is InChI=1S/C25H21N3O4S/c1-2-22(23(29)26-16-12-13-20-21(14-16)32-15-31-20)33-25-27-19-11-7-6-10-18(19)24(30)28(25)17-8-4-3-5-9-17/h3-14,22H,2,15H2,1H3,(H,26,29). The van der Waals surface area contributed by atoms with Crippen molar-refractivity contribution in [2.24, 2.45) is 0 Å². The second kappa shape index (κ2) is 8.99. The van der Waals surface area contributed by atoms with E-state index < -0.39 is 5.25 Å². The Hall–Kier alpha value is -3.78. The quantitative estimate of drug-likeness (QED) is 0.335. The topological polar surface area (TPSA) is 82.5 Å². The molecule has 1 atom stereocenters. The molecule has 0 aliphatic carbocycles. The molecule has 1 aliphatic heterocycles. The molecule has 0 fully saturated rings. The molecule has 0 spiro atoms. The highest BCUT2D eigenvalue weighted by Crippen LogP contribution is 2.35. The van der Waals surface area contributed by atoms with Gasteiger partial charge in [0.25, 0.3) is 5.56 Å². The summed E-state index contributed by atoms with van der Waals surface area (Å²) in [5, 5.41) is 3.48. The maximum atomic E-state index is 13.4. The Labute approximate surface area is 194 Å². The Balaban J connectivity index is 1.49. The third-order valence-corrected chi connectivity index (χ3v) is 6.63. The van der Waals surface area contributed by atoms with Crippen LogP contribution in [0.5, 0.6) is 11.5 Å². The molecule has 5 rings (SSSR count). The number of hydrogen-bond acceptors (Lipinski definition) is 6. The van der Waals surface area contributed by atoms with Crippen LogP contribution >= 0.6 is 11.8 Å². The number of hydrogen-bond donors (Lipinski definition) is 1. The highest BCUT2D eigenvalue weighted by atomic mass is 32.2. The van der Waals surface area contributed by atoms with Crippen molar-refractivity contribution in [1.82, 2.24) is 9.55 Å². The van der Waals surface area contributed by atoms with Crippen LogP contribution < -0.4 is 20.3 Å². The summed E-state index contributed by atoms with van der Waals surface area (Å²) in [6, 6.07) is 21.9. The molecule has 0 saturated carbocycles. The molecule has 2 heterocycles. The number of carbonyl (C=O) groups excluding carboxylic acids is 1. The van der Waals surface area contributed by atoms with Gasteiger partial charge in [0.1, 0.15) is 0 Å². The Morgan fingerprint density at radius 2 is 1.82 bits per heavy atom. The first-order chi connectivity index (χ1) is 16.1. The van der Waals surface area contributed by atoms with E-state index in [1.165, 1.54) is 11.8 Å². The zero-order valence-corrected chi connectivity index (χ0v) is 18.7. The summed E-state index contributed by atoms with van der Waals surface area (Å²) in [5.74, 6) is 1.08. The lowest BCUT2D eigenvalue weighted by Crippen LogP contribution is -2.27. The Morgan fingerprint density at radius 1 is 1.06 bits per heavy atom. The summed E-state index contributed by atoms with van der Waals surface area (Å²) in [7, 11) is 0. The van der Waals surface area contributed by atoms with Crippen LogP contribution in [0.15, 0.2) is 82.7 Å². The molecular formula is C25H21N3O4S. The number of amides is 1. The van der Waals surface area contributed by atoms with Gasteiger partial charge in [0, 0.05) is 11.8 Å². The van der Waals surface area contributed by atoms with Crippen LogP contribution in [-0.2, 0) is 4.79 Å². The third kappa shape index (κ3) is 4.17. The number of aromatic nitrogens is 2. The summed E-state index contributed by atoms with van der Waals surface area (Å²) >= 11 is 1.28. The summed E-state index contributed by atoms with van der Waals surface area (Å²) < 4.78 is 12.3. The van der Waals surface area contributed by atoms with Gasteiger partial charge in [-0.25, -0.2) is 4.98 Å². The minimum atomic E-state index is -0.460. The number of nitrogens with one attached hydrogen (secondary N) is 1. The number of rotatable bonds is 6. The van der Waals surface area contributed by atoms with E-state index in [0.29, 0.717) is 45.4 Å². The number of thioether (sulfide) groups is 1. The Kier molecular flexibility index (Phi) is 5.75. The van der Waals surface area contributed by atoms with E-state index in [1.54, 1.807) is 28.8 Å². The summed E-state index contributed by atoms with van der Waals surface area (Å²) in [4.78, 5) is 31.2. The van der Waals surface area contributed by atoms with Crippen LogP contribution in [0.3, 0.4) is 0 Å². The van der Waals surface area contributed by atoms with E-state index in [2.05, 4.69) is 5.32 Å². The summed E-state index contributed by atoms with van der Waals surface area (Å²) in [6.45, 7) is 2.10. The smallest absolute Gasteiger partial charge is 0.266 e. The van der Waals surface area contributed by atoms with E-state index in [0.717, 1.165) is 0 Å². The first-order valence-corrected chi connectivity index (χ1v) is 11.5. The fraction of sp³-hybridized carbons (Fsp3) is 0.160. The van der Waals surface area contributed by atoms with Crippen molar-refractivity contribution >= 4 is 34.3 Å². The van der Waals surface area contributed by atoms with Gasteiger partial charge >= 0.3 is 0 Å². The molecule has 1 aromatic heterocycles. The Bertz CT molecular complexity index is 1390. The Morgan fingerprint density at radius 3 is 2.64 bits per heavy atom. The van der Waals surface area contributed by atoms with Crippen molar-refractivity contribution in [2.45, 2.75) is 23.8 Å². The van der Waals surface area contributed by atoms with Crippen molar-refractivity contribution in [3.8, 4) is 17.2 Å². The van der Waals surface area contributed by atoms with Crippen molar-refractivity contribution < 1.29 is 14.3 Å². The molecule has 7 nitrogen and oxygen atoms in total. The van der Waals surface area contributed by atoms with E-state index >= 15 is 0 Å². The number of benzene rings is 3. The van der Waals surface area contributed by atoms with Gasteiger partial charge in [0.2, 0.25) is 12.7 Å². The van der Waals surface area contributed by atoms with Crippen molar-refractivity contribution in [3.63, 3.8) is 0 Å². The SMILES string of the molecule is CCC(Sc1nc2ccccc2c(=O)n1-c1ccccc1)C(=O)Nc1ccc2c(c1)OCO2. The number of ether oxygens (including phenoxy) is 2. The van der Waals surface area contributed by atoms with Crippen LogP contribution in [0, 0.1) is 0 Å². The fourth-order valence-corrected chi connectivity index (χ4v) is 4.67. The highest BCUT2D eigenvalue weighted by molar-refractivity contribution is 8.00. The van der Waals surface area contributed by atoms with Gasteiger partial charge in [-0.1, -0.05) is 49.0 Å². The first-order valence-electron chi connectivity index (χ1n) is 10.6.